The van der Waals surface area contributed by atoms with Crippen molar-refractivity contribution in [1.29, 1.82) is 0 Å². The highest BCUT2D eigenvalue weighted by atomic mass is 32.2. The Labute approximate surface area is 193 Å². The van der Waals surface area contributed by atoms with Crippen molar-refractivity contribution in [3.63, 3.8) is 0 Å². The fourth-order valence-corrected chi connectivity index (χ4v) is 5.87. The molecule has 2 aromatic rings. The van der Waals surface area contributed by atoms with Crippen molar-refractivity contribution in [1.82, 2.24) is 4.90 Å². The topological polar surface area (TPSA) is 66.8 Å². The molecule has 2 atom stereocenters. The van der Waals surface area contributed by atoms with Gasteiger partial charge in [0.15, 0.2) is 9.84 Å². The van der Waals surface area contributed by atoms with Gasteiger partial charge in [-0.3, -0.25) is 4.90 Å². The molecule has 0 amide bonds. The molecule has 0 bridgehead atoms. The molecular formula is C26H37NO4S. The van der Waals surface area contributed by atoms with Crippen LogP contribution in [0.2, 0.25) is 0 Å². The Hall–Kier alpha value is -1.89. The Bertz CT molecular complexity index is 952. The lowest BCUT2D eigenvalue weighted by Gasteiger charge is -2.30. The van der Waals surface area contributed by atoms with Crippen molar-refractivity contribution in [3.05, 3.63) is 65.2 Å². The van der Waals surface area contributed by atoms with Gasteiger partial charge in [0.1, 0.15) is 18.5 Å². The van der Waals surface area contributed by atoms with Crippen LogP contribution in [0.25, 0.3) is 0 Å². The third-order valence-corrected chi connectivity index (χ3v) is 7.94. The molecule has 1 saturated heterocycles. The monoisotopic (exact) mass is 459 g/mol. The van der Waals surface area contributed by atoms with Gasteiger partial charge in [0, 0.05) is 19.1 Å². The number of aliphatic hydroxyl groups excluding tert-OH is 1. The highest BCUT2D eigenvalue weighted by Gasteiger charge is 2.33. The van der Waals surface area contributed by atoms with Crippen molar-refractivity contribution in [2.24, 2.45) is 0 Å². The number of nitrogens with zero attached hydrogens (tertiary/aromatic N) is 1. The largest absolute Gasteiger partial charge is 0.491 e. The number of aliphatic hydroxyl groups is 1. The normalized spacial score (nSPS) is 19.1. The Morgan fingerprint density at radius 3 is 2.03 bits per heavy atom. The summed E-state index contributed by atoms with van der Waals surface area (Å²) in [4.78, 5) is 2.10. The maximum absolute atomic E-state index is 12.1. The summed E-state index contributed by atoms with van der Waals surface area (Å²) in [7, 11) is -3.01. The summed E-state index contributed by atoms with van der Waals surface area (Å²) in [6, 6.07) is 16.3. The van der Waals surface area contributed by atoms with Gasteiger partial charge < -0.3 is 9.84 Å². The van der Waals surface area contributed by atoms with Crippen LogP contribution in [0.15, 0.2) is 48.5 Å². The molecule has 0 spiro atoms. The van der Waals surface area contributed by atoms with E-state index in [0.29, 0.717) is 31.3 Å². The maximum atomic E-state index is 12.1. The lowest BCUT2D eigenvalue weighted by Crippen LogP contribution is -2.42. The number of ether oxygens (including phenoxy) is 1. The predicted molar refractivity (Wildman–Crippen MR) is 130 cm³/mol. The molecule has 1 aliphatic rings. The highest BCUT2D eigenvalue weighted by molar-refractivity contribution is 7.91. The molecule has 1 fully saturated rings. The van der Waals surface area contributed by atoms with Crippen LogP contribution in [0.5, 0.6) is 5.75 Å². The number of benzene rings is 2. The van der Waals surface area contributed by atoms with Crippen LogP contribution in [-0.4, -0.2) is 55.2 Å². The van der Waals surface area contributed by atoms with E-state index in [2.05, 4.69) is 56.9 Å². The van der Waals surface area contributed by atoms with Crippen molar-refractivity contribution < 1.29 is 18.3 Å². The second-order valence-electron chi connectivity index (χ2n) is 9.57. The first-order valence-electron chi connectivity index (χ1n) is 11.6. The van der Waals surface area contributed by atoms with Gasteiger partial charge in [-0.1, -0.05) is 64.1 Å². The van der Waals surface area contributed by atoms with Gasteiger partial charge in [0.05, 0.1) is 11.5 Å². The van der Waals surface area contributed by atoms with Crippen molar-refractivity contribution in [2.75, 3.05) is 24.7 Å². The minimum atomic E-state index is -3.01. The molecule has 0 radical (unpaired) electrons. The molecule has 5 nitrogen and oxygen atoms in total. The average molecular weight is 460 g/mol. The number of hydrogen-bond acceptors (Lipinski definition) is 5. The Morgan fingerprint density at radius 2 is 1.53 bits per heavy atom. The molecular weight excluding hydrogens is 422 g/mol. The third kappa shape index (κ3) is 7.06. The van der Waals surface area contributed by atoms with Crippen molar-refractivity contribution in [2.45, 2.75) is 64.6 Å². The van der Waals surface area contributed by atoms with Gasteiger partial charge in [-0.25, -0.2) is 8.42 Å². The number of hydrogen-bond donors (Lipinski definition) is 1. The maximum Gasteiger partial charge on any atom is 0.151 e. The molecule has 0 aliphatic carbocycles. The van der Waals surface area contributed by atoms with Crippen LogP contribution in [0.3, 0.4) is 0 Å². The van der Waals surface area contributed by atoms with Gasteiger partial charge in [0.2, 0.25) is 0 Å². The van der Waals surface area contributed by atoms with Crippen molar-refractivity contribution in [3.8, 4) is 5.75 Å². The summed E-state index contributed by atoms with van der Waals surface area (Å²) < 4.78 is 30.0. The predicted octanol–water partition coefficient (Wildman–Crippen LogP) is 4.36. The molecule has 2 unspecified atom stereocenters. The lowest BCUT2D eigenvalue weighted by atomic mass is 10.0. The minimum Gasteiger partial charge on any atom is -0.491 e. The van der Waals surface area contributed by atoms with Crippen LogP contribution in [-0.2, 0) is 16.4 Å². The van der Waals surface area contributed by atoms with E-state index < -0.39 is 15.9 Å². The summed E-state index contributed by atoms with van der Waals surface area (Å²) in [5, 5.41) is 10.7. The van der Waals surface area contributed by atoms with E-state index in [4.69, 9.17) is 4.74 Å². The molecule has 0 saturated carbocycles. The summed E-state index contributed by atoms with van der Waals surface area (Å²) in [5.74, 6) is 2.03. The second kappa shape index (κ2) is 10.8. The second-order valence-corrected chi connectivity index (χ2v) is 11.8. The van der Waals surface area contributed by atoms with E-state index in [1.165, 1.54) is 11.1 Å². The molecule has 1 N–H and O–H groups in total. The Morgan fingerprint density at radius 1 is 0.969 bits per heavy atom. The quantitative estimate of drug-likeness (QED) is 0.572. The summed E-state index contributed by atoms with van der Waals surface area (Å²) in [6.07, 6.45) is -0.102. The van der Waals surface area contributed by atoms with E-state index in [0.717, 1.165) is 11.3 Å². The lowest BCUT2D eigenvalue weighted by molar-refractivity contribution is 0.0524. The molecule has 0 aromatic heterocycles. The van der Waals surface area contributed by atoms with E-state index in [1.54, 1.807) is 0 Å². The first-order valence-corrected chi connectivity index (χ1v) is 13.4. The van der Waals surface area contributed by atoms with Crippen LogP contribution in [0.4, 0.5) is 0 Å². The molecule has 32 heavy (non-hydrogen) atoms. The zero-order valence-electron chi connectivity index (χ0n) is 19.7. The van der Waals surface area contributed by atoms with Gasteiger partial charge >= 0.3 is 0 Å². The van der Waals surface area contributed by atoms with Gasteiger partial charge in [-0.15, -0.1) is 0 Å². The van der Waals surface area contributed by atoms with E-state index in [1.807, 2.05) is 24.3 Å². The first-order chi connectivity index (χ1) is 15.1. The molecule has 176 valence electrons. The van der Waals surface area contributed by atoms with Crippen molar-refractivity contribution >= 4 is 9.84 Å². The minimum absolute atomic E-state index is 0.0789. The molecule has 3 rings (SSSR count). The number of rotatable bonds is 10. The highest BCUT2D eigenvalue weighted by Crippen LogP contribution is 2.23. The van der Waals surface area contributed by atoms with Crippen LogP contribution < -0.4 is 4.74 Å². The third-order valence-electron chi connectivity index (χ3n) is 6.19. The molecule has 1 heterocycles. The molecule has 6 heteroatoms. The smallest absolute Gasteiger partial charge is 0.151 e. The van der Waals surface area contributed by atoms with Gasteiger partial charge in [-0.05, 0) is 47.1 Å². The zero-order valence-corrected chi connectivity index (χ0v) is 20.5. The molecule has 2 aromatic carbocycles. The Balaban J connectivity index is 1.63. The van der Waals surface area contributed by atoms with E-state index in [-0.39, 0.29) is 24.2 Å². The summed E-state index contributed by atoms with van der Waals surface area (Å²) in [5.41, 5.74) is 3.65. The fourth-order valence-electron chi connectivity index (χ4n) is 4.11. The van der Waals surface area contributed by atoms with Crippen LogP contribution >= 0.6 is 0 Å². The van der Waals surface area contributed by atoms with Gasteiger partial charge in [0.25, 0.3) is 0 Å². The number of sulfone groups is 1. The SMILES string of the molecule is CC(C)c1ccc(CN(CC(O)COc2ccc(C(C)C)cc2)C2CCS(=O)(=O)C2)cc1. The van der Waals surface area contributed by atoms with E-state index >= 15 is 0 Å². The Kier molecular flexibility index (Phi) is 8.37. The van der Waals surface area contributed by atoms with Crippen LogP contribution in [0, 0.1) is 0 Å². The summed E-state index contributed by atoms with van der Waals surface area (Å²) >= 11 is 0. The average Bonchev–Trinajstić information content (AvgIpc) is 3.12. The molecule has 1 aliphatic heterocycles. The van der Waals surface area contributed by atoms with Crippen LogP contribution in [0.1, 0.15) is 62.6 Å². The zero-order chi connectivity index (χ0) is 23.3. The standard InChI is InChI=1S/C26H37NO4S/c1-19(2)22-7-5-21(6-8-22)15-27(24-13-14-32(29,30)18-24)16-25(28)17-31-26-11-9-23(10-12-26)20(3)4/h5-12,19-20,24-25,28H,13-18H2,1-4H3. The summed E-state index contributed by atoms with van der Waals surface area (Å²) in [6.45, 7) is 9.77. The van der Waals surface area contributed by atoms with E-state index in [9.17, 15) is 13.5 Å². The first kappa shape index (κ1) is 24.7. The van der Waals surface area contributed by atoms with Gasteiger partial charge in [-0.2, -0.15) is 0 Å². The fraction of sp³-hybridized carbons (Fsp3) is 0.538.